The van der Waals surface area contributed by atoms with Crippen molar-refractivity contribution in [3.63, 3.8) is 0 Å². The lowest BCUT2D eigenvalue weighted by Gasteiger charge is -2.10. The minimum absolute atomic E-state index is 0.0983. The molecule has 2 aromatic carbocycles. The van der Waals surface area contributed by atoms with Crippen LogP contribution in [0.2, 0.25) is 0 Å². The van der Waals surface area contributed by atoms with Gasteiger partial charge in [0.2, 0.25) is 5.95 Å². The molecule has 0 saturated heterocycles. The summed E-state index contributed by atoms with van der Waals surface area (Å²) in [5, 5.41) is 4.80. The Balaban J connectivity index is 1.92. The number of benzene rings is 2. The van der Waals surface area contributed by atoms with E-state index in [4.69, 9.17) is 9.47 Å². The minimum atomic E-state index is -0.0983. The highest BCUT2D eigenvalue weighted by Crippen LogP contribution is 2.21. The maximum atomic E-state index is 12.6. The van der Waals surface area contributed by atoms with E-state index < -0.39 is 0 Å². The van der Waals surface area contributed by atoms with Crippen molar-refractivity contribution in [2.75, 3.05) is 19.6 Å². The zero-order valence-electron chi connectivity index (χ0n) is 14.9. The topological polar surface area (TPSA) is 77.7 Å². The number of rotatable bonds is 6. The molecule has 0 spiro atoms. The van der Waals surface area contributed by atoms with Crippen molar-refractivity contribution < 1.29 is 9.47 Å². The molecule has 7 nitrogen and oxygen atoms in total. The lowest BCUT2D eigenvalue weighted by molar-refractivity contribution is 0.394. The van der Waals surface area contributed by atoms with Gasteiger partial charge < -0.3 is 9.47 Å². The molecule has 0 bridgehead atoms. The number of ether oxygens (including phenoxy) is 2. The second-order valence-electron chi connectivity index (χ2n) is 5.52. The van der Waals surface area contributed by atoms with Crippen LogP contribution >= 0.6 is 0 Å². The maximum Gasteiger partial charge on any atom is 0.262 e. The molecule has 0 fully saturated rings. The Morgan fingerprint density at radius 3 is 2.50 bits per heavy atom. The van der Waals surface area contributed by atoms with E-state index in [0.29, 0.717) is 34.9 Å². The van der Waals surface area contributed by atoms with Crippen LogP contribution < -0.4 is 20.5 Å². The fraction of sp³-hybridized carbons (Fsp3) is 0.211. The van der Waals surface area contributed by atoms with Gasteiger partial charge in [0.15, 0.2) is 0 Å². The number of fused-ring (bicyclic) bond motifs is 1. The van der Waals surface area contributed by atoms with E-state index in [1.807, 2.05) is 31.2 Å². The van der Waals surface area contributed by atoms with Gasteiger partial charge in [0, 0.05) is 18.2 Å². The predicted molar refractivity (Wildman–Crippen MR) is 102 cm³/mol. The Kier molecular flexibility index (Phi) is 5.17. The van der Waals surface area contributed by atoms with E-state index in [9.17, 15) is 4.79 Å². The highest BCUT2D eigenvalue weighted by atomic mass is 16.5. The minimum Gasteiger partial charge on any atom is -0.497 e. The molecular weight excluding hydrogens is 332 g/mol. The Labute approximate surface area is 150 Å². The molecule has 0 aliphatic heterocycles. The van der Waals surface area contributed by atoms with Crippen molar-refractivity contribution in [2.24, 2.45) is 5.10 Å². The van der Waals surface area contributed by atoms with Crippen LogP contribution in [0.4, 0.5) is 5.95 Å². The first-order chi connectivity index (χ1) is 12.7. The number of nitrogens with one attached hydrogen (secondary N) is 1. The number of hydrazone groups is 1. The van der Waals surface area contributed by atoms with Crippen LogP contribution in [0.5, 0.6) is 11.5 Å². The Hall–Kier alpha value is -3.35. The van der Waals surface area contributed by atoms with Gasteiger partial charge in [-0.15, -0.1) is 0 Å². The van der Waals surface area contributed by atoms with Crippen LogP contribution in [-0.4, -0.2) is 30.0 Å². The SMILES string of the molecule is CCn1c(N/N=C\c2cc(OC)cc(OC)c2)nc2ccccc2c1=O. The van der Waals surface area contributed by atoms with E-state index in [2.05, 4.69) is 15.5 Å². The van der Waals surface area contributed by atoms with Crippen LogP contribution in [0.3, 0.4) is 0 Å². The predicted octanol–water partition coefficient (Wildman–Crippen LogP) is 2.88. The number of anilines is 1. The van der Waals surface area contributed by atoms with Gasteiger partial charge in [0.1, 0.15) is 11.5 Å². The molecule has 0 aliphatic carbocycles. The first-order valence-corrected chi connectivity index (χ1v) is 8.18. The second kappa shape index (κ2) is 7.69. The Morgan fingerprint density at radius 1 is 1.15 bits per heavy atom. The van der Waals surface area contributed by atoms with Crippen LogP contribution in [0, 0.1) is 0 Å². The van der Waals surface area contributed by atoms with E-state index in [1.165, 1.54) is 0 Å². The third-order valence-corrected chi connectivity index (χ3v) is 3.93. The highest BCUT2D eigenvalue weighted by Gasteiger charge is 2.08. The summed E-state index contributed by atoms with van der Waals surface area (Å²) in [7, 11) is 3.18. The average molecular weight is 352 g/mol. The first-order valence-electron chi connectivity index (χ1n) is 8.18. The number of nitrogens with zero attached hydrogens (tertiary/aromatic N) is 3. The average Bonchev–Trinajstić information content (AvgIpc) is 2.68. The lowest BCUT2D eigenvalue weighted by Crippen LogP contribution is -2.23. The maximum absolute atomic E-state index is 12.6. The fourth-order valence-electron chi connectivity index (χ4n) is 2.62. The normalized spacial score (nSPS) is 11.0. The van der Waals surface area contributed by atoms with Gasteiger partial charge in [-0.1, -0.05) is 12.1 Å². The van der Waals surface area contributed by atoms with Crippen LogP contribution in [-0.2, 0) is 6.54 Å². The molecule has 134 valence electrons. The Morgan fingerprint density at radius 2 is 1.85 bits per heavy atom. The molecular formula is C19H20N4O3. The zero-order valence-corrected chi connectivity index (χ0v) is 14.9. The van der Waals surface area contributed by atoms with Gasteiger partial charge in [0.25, 0.3) is 5.56 Å². The van der Waals surface area contributed by atoms with Crippen molar-refractivity contribution >= 4 is 23.1 Å². The zero-order chi connectivity index (χ0) is 18.5. The molecule has 1 N–H and O–H groups in total. The van der Waals surface area contributed by atoms with Crippen molar-refractivity contribution in [3.8, 4) is 11.5 Å². The molecule has 0 unspecified atom stereocenters. The van der Waals surface area contributed by atoms with Crippen LogP contribution in [0.1, 0.15) is 12.5 Å². The first kappa shape index (κ1) is 17.5. The molecule has 0 aliphatic rings. The van der Waals surface area contributed by atoms with E-state index >= 15 is 0 Å². The van der Waals surface area contributed by atoms with Crippen molar-refractivity contribution in [3.05, 3.63) is 58.4 Å². The summed E-state index contributed by atoms with van der Waals surface area (Å²) in [5.74, 6) is 1.72. The van der Waals surface area contributed by atoms with Gasteiger partial charge in [-0.3, -0.25) is 9.36 Å². The summed E-state index contributed by atoms with van der Waals surface area (Å²) in [6, 6.07) is 12.7. The van der Waals surface area contributed by atoms with Gasteiger partial charge in [-0.05, 0) is 31.2 Å². The molecule has 0 saturated carbocycles. The molecule has 3 rings (SSSR count). The fourth-order valence-corrected chi connectivity index (χ4v) is 2.62. The van der Waals surface area contributed by atoms with Crippen molar-refractivity contribution in [1.82, 2.24) is 9.55 Å². The number of hydrogen-bond donors (Lipinski definition) is 1. The summed E-state index contributed by atoms with van der Waals surface area (Å²) in [6.07, 6.45) is 1.62. The van der Waals surface area contributed by atoms with E-state index in [1.54, 1.807) is 43.2 Å². The monoisotopic (exact) mass is 352 g/mol. The summed E-state index contributed by atoms with van der Waals surface area (Å²) >= 11 is 0. The van der Waals surface area contributed by atoms with E-state index in [-0.39, 0.29) is 5.56 Å². The molecule has 1 aromatic heterocycles. The summed E-state index contributed by atoms with van der Waals surface area (Å²) < 4.78 is 12.0. The highest BCUT2D eigenvalue weighted by molar-refractivity contribution is 5.82. The Bertz CT molecular complexity index is 989. The van der Waals surface area contributed by atoms with Gasteiger partial charge in [-0.25, -0.2) is 10.4 Å². The molecule has 3 aromatic rings. The molecule has 0 radical (unpaired) electrons. The molecule has 1 heterocycles. The molecule has 26 heavy (non-hydrogen) atoms. The number of para-hydroxylation sites is 1. The quantitative estimate of drug-likeness (QED) is 0.545. The van der Waals surface area contributed by atoms with Gasteiger partial charge >= 0.3 is 0 Å². The number of hydrogen-bond acceptors (Lipinski definition) is 6. The van der Waals surface area contributed by atoms with Crippen LogP contribution in [0.25, 0.3) is 10.9 Å². The number of aromatic nitrogens is 2. The lowest BCUT2D eigenvalue weighted by atomic mass is 10.2. The number of methoxy groups -OCH3 is 2. The summed E-state index contributed by atoms with van der Waals surface area (Å²) in [6.45, 7) is 2.38. The summed E-state index contributed by atoms with van der Waals surface area (Å²) in [5.41, 5.74) is 4.18. The molecule has 0 amide bonds. The van der Waals surface area contributed by atoms with Crippen molar-refractivity contribution in [2.45, 2.75) is 13.5 Å². The molecule has 0 atom stereocenters. The van der Waals surface area contributed by atoms with Crippen LogP contribution in [0.15, 0.2) is 52.4 Å². The largest absolute Gasteiger partial charge is 0.497 e. The van der Waals surface area contributed by atoms with Gasteiger partial charge in [-0.2, -0.15) is 5.10 Å². The molecule has 7 heteroatoms. The second-order valence-corrected chi connectivity index (χ2v) is 5.52. The smallest absolute Gasteiger partial charge is 0.262 e. The van der Waals surface area contributed by atoms with Gasteiger partial charge in [0.05, 0.1) is 31.3 Å². The standard InChI is InChI=1S/C19H20N4O3/c1-4-23-18(24)16-7-5-6-8-17(16)21-19(23)22-20-12-13-9-14(25-2)11-15(10-13)26-3/h5-12H,4H2,1-3H3,(H,21,22)/b20-12-. The third-order valence-electron chi connectivity index (χ3n) is 3.93. The van der Waals surface area contributed by atoms with E-state index in [0.717, 1.165) is 5.56 Å². The van der Waals surface area contributed by atoms with Crippen molar-refractivity contribution in [1.29, 1.82) is 0 Å². The summed E-state index contributed by atoms with van der Waals surface area (Å²) in [4.78, 5) is 17.1. The third kappa shape index (κ3) is 3.51.